The Balaban J connectivity index is 2.65. The van der Waals surface area contributed by atoms with Gasteiger partial charge in [-0.15, -0.1) is 0 Å². The maximum Gasteiger partial charge on any atom is 0.375 e. The van der Waals surface area contributed by atoms with Gasteiger partial charge in [-0.3, -0.25) is 4.79 Å². The molecule has 0 amide bonds. The first kappa shape index (κ1) is 12.4. The van der Waals surface area contributed by atoms with Crippen LogP contribution >= 0.6 is 0 Å². The summed E-state index contributed by atoms with van der Waals surface area (Å²) in [6.07, 6.45) is -0.147. The lowest BCUT2D eigenvalue weighted by Crippen LogP contribution is -2.22. The highest BCUT2D eigenvalue weighted by Crippen LogP contribution is 2.08. The van der Waals surface area contributed by atoms with Gasteiger partial charge < -0.3 is 4.74 Å². The van der Waals surface area contributed by atoms with Gasteiger partial charge in [0.15, 0.2) is 0 Å². The molecule has 1 aromatic carbocycles. The first-order valence-corrected chi connectivity index (χ1v) is 5.29. The Kier molecular flexibility index (Phi) is 4.23. The van der Waals surface area contributed by atoms with Crippen LogP contribution < -0.4 is 0 Å². The van der Waals surface area contributed by atoms with Gasteiger partial charge in [-0.1, -0.05) is 24.3 Å². The Hall–Kier alpha value is -1.64. The second-order valence-electron chi connectivity index (χ2n) is 3.98. The average Bonchev–Trinajstić information content (AvgIpc) is 2.20. The van der Waals surface area contributed by atoms with Crippen LogP contribution in [-0.4, -0.2) is 17.9 Å². The fourth-order valence-corrected chi connectivity index (χ4v) is 1.33. The number of ketones is 1. The van der Waals surface area contributed by atoms with Gasteiger partial charge in [0.25, 0.3) is 0 Å². The number of esters is 1. The maximum absolute atomic E-state index is 11.5. The van der Waals surface area contributed by atoms with E-state index in [-0.39, 0.29) is 12.5 Å². The Morgan fingerprint density at radius 1 is 1.25 bits per heavy atom. The van der Waals surface area contributed by atoms with Crippen molar-refractivity contribution in [2.24, 2.45) is 0 Å². The summed E-state index contributed by atoms with van der Waals surface area (Å²) in [7, 11) is 0. The fourth-order valence-electron chi connectivity index (χ4n) is 1.33. The lowest BCUT2D eigenvalue weighted by atomic mass is 10.0. The van der Waals surface area contributed by atoms with Gasteiger partial charge in [-0.25, -0.2) is 4.79 Å². The molecule has 0 aliphatic carbocycles. The van der Waals surface area contributed by atoms with E-state index in [4.69, 9.17) is 4.74 Å². The van der Waals surface area contributed by atoms with Gasteiger partial charge in [0.1, 0.15) is 0 Å². The van der Waals surface area contributed by atoms with Gasteiger partial charge >= 0.3 is 5.97 Å². The number of Topliss-reactive ketones (excluding diaryl/α,β-unsaturated/α-hetero) is 1. The van der Waals surface area contributed by atoms with Gasteiger partial charge in [0.05, 0.1) is 6.10 Å². The van der Waals surface area contributed by atoms with E-state index < -0.39 is 11.8 Å². The zero-order chi connectivity index (χ0) is 12.1. The molecule has 3 heteroatoms. The van der Waals surface area contributed by atoms with Crippen LogP contribution in [0.5, 0.6) is 0 Å². The lowest BCUT2D eigenvalue weighted by Gasteiger charge is -2.07. The average molecular weight is 220 g/mol. The molecule has 1 aromatic rings. The molecule has 0 heterocycles. The van der Waals surface area contributed by atoms with E-state index in [0.717, 1.165) is 11.1 Å². The second kappa shape index (κ2) is 5.45. The molecule has 0 atom stereocenters. The van der Waals surface area contributed by atoms with E-state index in [1.54, 1.807) is 13.8 Å². The molecule has 1 rings (SSSR count). The number of ether oxygens (including phenoxy) is 1. The molecule has 0 radical (unpaired) electrons. The van der Waals surface area contributed by atoms with Crippen LogP contribution in [0.1, 0.15) is 25.0 Å². The number of aryl methyl sites for hydroxylation is 1. The predicted octanol–water partition coefficient (Wildman–Crippen LogP) is 2.06. The highest BCUT2D eigenvalue weighted by Gasteiger charge is 2.17. The molecule has 0 fully saturated rings. The maximum atomic E-state index is 11.5. The number of carbonyl (C=O) groups is 2. The van der Waals surface area contributed by atoms with E-state index in [1.807, 2.05) is 31.2 Å². The van der Waals surface area contributed by atoms with Crippen molar-refractivity contribution in [1.29, 1.82) is 0 Å². The molecule has 0 aliphatic heterocycles. The first-order chi connectivity index (χ1) is 7.50. The van der Waals surface area contributed by atoms with Crippen LogP contribution in [0, 0.1) is 6.92 Å². The molecule has 0 N–H and O–H groups in total. The van der Waals surface area contributed by atoms with Crippen molar-refractivity contribution in [2.45, 2.75) is 33.3 Å². The Morgan fingerprint density at radius 2 is 1.88 bits per heavy atom. The SMILES string of the molecule is Cc1ccccc1CC(=O)C(=O)OC(C)C. The Bertz CT molecular complexity index is 394. The van der Waals surface area contributed by atoms with Crippen molar-refractivity contribution < 1.29 is 14.3 Å². The zero-order valence-electron chi connectivity index (χ0n) is 9.82. The predicted molar refractivity (Wildman–Crippen MR) is 61.1 cm³/mol. The largest absolute Gasteiger partial charge is 0.457 e. The molecular weight excluding hydrogens is 204 g/mol. The minimum absolute atomic E-state index is 0.109. The molecule has 0 aromatic heterocycles. The molecule has 0 saturated carbocycles. The number of benzene rings is 1. The van der Waals surface area contributed by atoms with E-state index in [2.05, 4.69) is 0 Å². The summed E-state index contributed by atoms with van der Waals surface area (Å²) in [5, 5.41) is 0. The highest BCUT2D eigenvalue weighted by atomic mass is 16.5. The molecular formula is C13H16O3. The number of hydrogen-bond acceptors (Lipinski definition) is 3. The second-order valence-corrected chi connectivity index (χ2v) is 3.98. The van der Waals surface area contributed by atoms with E-state index in [0.29, 0.717) is 0 Å². The van der Waals surface area contributed by atoms with Gasteiger partial charge in [-0.2, -0.15) is 0 Å². The number of rotatable bonds is 4. The van der Waals surface area contributed by atoms with Crippen LogP contribution in [0.25, 0.3) is 0 Å². The summed E-state index contributed by atoms with van der Waals surface area (Å²) in [6, 6.07) is 7.51. The smallest absolute Gasteiger partial charge is 0.375 e. The summed E-state index contributed by atoms with van der Waals surface area (Å²) < 4.78 is 4.84. The van der Waals surface area contributed by atoms with Crippen molar-refractivity contribution in [1.82, 2.24) is 0 Å². The molecule has 3 nitrogen and oxygen atoms in total. The van der Waals surface area contributed by atoms with E-state index in [9.17, 15) is 9.59 Å². The van der Waals surface area contributed by atoms with Crippen molar-refractivity contribution in [2.75, 3.05) is 0 Å². The van der Waals surface area contributed by atoms with Crippen molar-refractivity contribution in [3.8, 4) is 0 Å². The molecule has 0 unspecified atom stereocenters. The summed E-state index contributed by atoms with van der Waals surface area (Å²) in [5.74, 6) is -1.25. The topological polar surface area (TPSA) is 43.4 Å². The van der Waals surface area contributed by atoms with Crippen LogP contribution in [0.2, 0.25) is 0 Å². The van der Waals surface area contributed by atoms with Crippen molar-refractivity contribution >= 4 is 11.8 Å². The molecule has 16 heavy (non-hydrogen) atoms. The quantitative estimate of drug-likeness (QED) is 0.576. The molecule has 0 aliphatic rings. The van der Waals surface area contributed by atoms with E-state index in [1.165, 1.54) is 0 Å². The summed E-state index contributed by atoms with van der Waals surface area (Å²) >= 11 is 0. The van der Waals surface area contributed by atoms with Gasteiger partial charge in [0, 0.05) is 6.42 Å². The summed E-state index contributed by atoms with van der Waals surface area (Å²) in [4.78, 5) is 22.8. The summed E-state index contributed by atoms with van der Waals surface area (Å²) in [5.41, 5.74) is 1.88. The van der Waals surface area contributed by atoms with Gasteiger partial charge in [0.2, 0.25) is 5.78 Å². The van der Waals surface area contributed by atoms with Crippen LogP contribution in [0.15, 0.2) is 24.3 Å². The first-order valence-electron chi connectivity index (χ1n) is 5.29. The molecule has 0 bridgehead atoms. The van der Waals surface area contributed by atoms with Crippen LogP contribution in [0.4, 0.5) is 0 Å². The normalized spacial score (nSPS) is 10.2. The van der Waals surface area contributed by atoms with E-state index >= 15 is 0 Å². The van der Waals surface area contributed by atoms with Crippen molar-refractivity contribution in [3.63, 3.8) is 0 Å². The highest BCUT2D eigenvalue weighted by molar-refractivity contribution is 6.34. The summed E-state index contributed by atoms with van der Waals surface area (Å²) in [6.45, 7) is 5.36. The lowest BCUT2D eigenvalue weighted by molar-refractivity contribution is -0.156. The molecule has 86 valence electrons. The Labute approximate surface area is 95.4 Å². The molecule has 0 saturated heterocycles. The third-order valence-corrected chi connectivity index (χ3v) is 2.18. The van der Waals surface area contributed by atoms with Crippen molar-refractivity contribution in [3.05, 3.63) is 35.4 Å². The number of hydrogen-bond donors (Lipinski definition) is 0. The monoisotopic (exact) mass is 220 g/mol. The number of carbonyl (C=O) groups excluding carboxylic acids is 2. The van der Waals surface area contributed by atoms with Crippen LogP contribution in [0.3, 0.4) is 0 Å². The van der Waals surface area contributed by atoms with Crippen LogP contribution in [-0.2, 0) is 20.7 Å². The fraction of sp³-hybridized carbons (Fsp3) is 0.385. The third-order valence-electron chi connectivity index (χ3n) is 2.18. The minimum atomic E-state index is -0.752. The third kappa shape index (κ3) is 3.50. The minimum Gasteiger partial charge on any atom is -0.457 e. The molecule has 0 spiro atoms. The zero-order valence-corrected chi connectivity index (χ0v) is 9.82. The standard InChI is InChI=1S/C13H16O3/c1-9(2)16-13(15)12(14)8-11-7-5-4-6-10(11)3/h4-7,9H,8H2,1-3H3. The van der Waals surface area contributed by atoms with Gasteiger partial charge in [-0.05, 0) is 31.9 Å². The Morgan fingerprint density at radius 3 is 2.44 bits per heavy atom.